The van der Waals surface area contributed by atoms with E-state index in [2.05, 4.69) is 0 Å². The van der Waals surface area contributed by atoms with Crippen LogP contribution < -0.4 is 0 Å². The van der Waals surface area contributed by atoms with E-state index in [4.69, 9.17) is 0 Å². The number of rotatable bonds is 1. The molecule has 0 aromatic heterocycles. The molecule has 0 amide bonds. The van der Waals surface area contributed by atoms with Crippen LogP contribution in [0.1, 0.15) is 32.1 Å². The van der Waals surface area contributed by atoms with Crippen LogP contribution >= 0.6 is 0 Å². The molecule has 20 heavy (non-hydrogen) atoms. The van der Waals surface area contributed by atoms with Gasteiger partial charge in [0.1, 0.15) is 11.5 Å². The molecule has 2 aromatic carbocycles. The molecule has 0 bridgehead atoms. The number of aromatic hydroxyl groups is 1. The number of para-hydroxylation sites is 1. The maximum atomic E-state index is 10.5. The van der Waals surface area contributed by atoms with Crippen molar-refractivity contribution in [1.82, 2.24) is 0 Å². The summed E-state index contributed by atoms with van der Waals surface area (Å²) in [5, 5.41) is 9.56. The average molecular weight is 268 g/mol. The van der Waals surface area contributed by atoms with E-state index in [-0.39, 0.29) is 0 Å². The van der Waals surface area contributed by atoms with Gasteiger partial charge in [0.2, 0.25) is 0 Å². The van der Waals surface area contributed by atoms with Gasteiger partial charge in [-0.15, -0.1) is 0 Å². The fraction of sp³-hybridized carbons (Fsp3) is 0.278. The van der Waals surface area contributed by atoms with Gasteiger partial charge in [0.05, 0.1) is 0 Å². The fourth-order valence-electron chi connectivity index (χ4n) is 2.28. The molecule has 0 atom stereocenters. The average Bonchev–Trinajstić information content (AvgIpc) is 2.50. The summed E-state index contributed by atoms with van der Waals surface area (Å²) in [6.45, 7) is 0. The molecule has 1 N–H and O–H groups in total. The standard InChI is InChI=1S/C12H10O.C6H10O/c13-12-9-5-4-8-11(12)10-6-2-1-3-7-10;7-6-4-2-1-3-5-6/h1-9,13H;1-5H2. The molecule has 104 valence electrons. The van der Waals surface area contributed by atoms with Crippen molar-refractivity contribution in [2.75, 3.05) is 0 Å². The molecule has 0 radical (unpaired) electrons. The van der Waals surface area contributed by atoms with Crippen LogP contribution in [0.25, 0.3) is 11.1 Å². The molecule has 0 heterocycles. The van der Waals surface area contributed by atoms with Gasteiger partial charge in [-0.3, -0.25) is 4.79 Å². The van der Waals surface area contributed by atoms with E-state index in [1.807, 2.05) is 48.5 Å². The predicted octanol–water partition coefficient (Wildman–Crippen LogP) is 4.58. The number of phenols is 1. The summed E-state index contributed by atoms with van der Waals surface area (Å²) in [4.78, 5) is 10.5. The van der Waals surface area contributed by atoms with E-state index < -0.39 is 0 Å². The maximum absolute atomic E-state index is 10.5. The Morgan fingerprint density at radius 3 is 1.90 bits per heavy atom. The van der Waals surface area contributed by atoms with Crippen LogP contribution in [0.2, 0.25) is 0 Å². The van der Waals surface area contributed by atoms with Crippen LogP contribution in [0.15, 0.2) is 54.6 Å². The highest BCUT2D eigenvalue weighted by Crippen LogP contribution is 2.27. The minimum Gasteiger partial charge on any atom is -0.507 e. The van der Waals surface area contributed by atoms with Crippen molar-refractivity contribution in [1.29, 1.82) is 0 Å². The molecule has 1 saturated carbocycles. The lowest BCUT2D eigenvalue weighted by Gasteiger charge is -2.05. The molecular weight excluding hydrogens is 248 g/mol. The van der Waals surface area contributed by atoms with Crippen LogP contribution in [-0.4, -0.2) is 10.9 Å². The molecule has 0 saturated heterocycles. The molecule has 0 spiro atoms. The Morgan fingerprint density at radius 2 is 1.35 bits per heavy atom. The van der Waals surface area contributed by atoms with Gasteiger partial charge in [-0.1, -0.05) is 55.0 Å². The van der Waals surface area contributed by atoms with Crippen molar-refractivity contribution in [2.45, 2.75) is 32.1 Å². The second-order valence-corrected chi connectivity index (χ2v) is 4.98. The molecule has 1 fully saturated rings. The molecule has 2 nitrogen and oxygen atoms in total. The zero-order valence-electron chi connectivity index (χ0n) is 11.6. The minimum atomic E-state index is 0.328. The van der Waals surface area contributed by atoms with E-state index >= 15 is 0 Å². The number of Topliss-reactive ketones (excluding diaryl/α,β-unsaturated/α-hetero) is 1. The molecule has 2 heteroatoms. The Hall–Kier alpha value is -2.09. The molecular formula is C18H20O2. The predicted molar refractivity (Wildman–Crippen MR) is 81.6 cm³/mol. The first kappa shape index (κ1) is 14.3. The summed E-state index contributed by atoms with van der Waals surface area (Å²) in [5.41, 5.74) is 1.92. The Balaban J connectivity index is 0.000000178. The van der Waals surface area contributed by atoms with E-state index in [0.29, 0.717) is 11.5 Å². The van der Waals surface area contributed by atoms with Crippen molar-refractivity contribution < 1.29 is 9.90 Å². The Labute approximate surface area is 120 Å². The van der Waals surface area contributed by atoms with Crippen LogP contribution in [0.4, 0.5) is 0 Å². The van der Waals surface area contributed by atoms with Gasteiger partial charge in [0.25, 0.3) is 0 Å². The van der Waals surface area contributed by atoms with Crippen molar-refractivity contribution in [2.24, 2.45) is 0 Å². The smallest absolute Gasteiger partial charge is 0.132 e. The lowest BCUT2D eigenvalue weighted by molar-refractivity contribution is -0.120. The van der Waals surface area contributed by atoms with Gasteiger partial charge < -0.3 is 5.11 Å². The normalized spacial score (nSPS) is 14.3. The van der Waals surface area contributed by atoms with E-state index in [1.54, 1.807) is 6.07 Å². The summed E-state index contributed by atoms with van der Waals surface area (Å²) in [7, 11) is 0. The van der Waals surface area contributed by atoms with Gasteiger partial charge in [0.15, 0.2) is 0 Å². The van der Waals surface area contributed by atoms with Crippen LogP contribution in [-0.2, 0) is 4.79 Å². The number of carbonyl (C=O) groups excluding carboxylic acids is 1. The largest absolute Gasteiger partial charge is 0.507 e. The Kier molecular flexibility index (Phi) is 5.36. The molecule has 3 rings (SSSR count). The fourth-order valence-corrected chi connectivity index (χ4v) is 2.28. The number of carbonyl (C=O) groups is 1. The Morgan fingerprint density at radius 1 is 0.750 bits per heavy atom. The monoisotopic (exact) mass is 268 g/mol. The number of ketones is 1. The molecule has 0 unspecified atom stereocenters. The van der Waals surface area contributed by atoms with E-state index in [1.165, 1.54) is 6.42 Å². The molecule has 0 aliphatic heterocycles. The maximum Gasteiger partial charge on any atom is 0.132 e. The first-order valence-corrected chi connectivity index (χ1v) is 7.12. The molecule has 1 aliphatic carbocycles. The van der Waals surface area contributed by atoms with Crippen molar-refractivity contribution in [3.8, 4) is 16.9 Å². The number of benzene rings is 2. The second kappa shape index (κ2) is 7.49. The number of hydrogen-bond acceptors (Lipinski definition) is 2. The highest BCUT2D eigenvalue weighted by atomic mass is 16.3. The molecule has 1 aliphatic rings. The first-order chi connectivity index (χ1) is 9.77. The van der Waals surface area contributed by atoms with Gasteiger partial charge in [-0.05, 0) is 24.5 Å². The summed E-state index contributed by atoms with van der Waals surface area (Å²) >= 11 is 0. The first-order valence-electron chi connectivity index (χ1n) is 7.12. The third-order valence-corrected chi connectivity index (χ3v) is 3.40. The van der Waals surface area contributed by atoms with Crippen LogP contribution in [0, 0.1) is 0 Å². The quantitative estimate of drug-likeness (QED) is 0.822. The van der Waals surface area contributed by atoms with Gasteiger partial charge in [0, 0.05) is 18.4 Å². The second-order valence-electron chi connectivity index (χ2n) is 4.98. The van der Waals surface area contributed by atoms with Crippen molar-refractivity contribution in [3.05, 3.63) is 54.6 Å². The Bertz CT molecular complexity index is 538. The van der Waals surface area contributed by atoms with E-state index in [0.717, 1.165) is 36.8 Å². The van der Waals surface area contributed by atoms with Crippen LogP contribution in [0.5, 0.6) is 5.75 Å². The van der Waals surface area contributed by atoms with E-state index in [9.17, 15) is 9.90 Å². The minimum absolute atomic E-state index is 0.328. The van der Waals surface area contributed by atoms with Gasteiger partial charge in [-0.2, -0.15) is 0 Å². The number of hydrogen-bond donors (Lipinski definition) is 1. The summed E-state index contributed by atoms with van der Waals surface area (Å²) in [6, 6.07) is 17.2. The van der Waals surface area contributed by atoms with Crippen molar-refractivity contribution >= 4 is 5.78 Å². The van der Waals surface area contributed by atoms with Gasteiger partial charge >= 0.3 is 0 Å². The SMILES string of the molecule is O=C1CCCCC1.Oc1ccccc1-c1ccccc1. The van der Waals surface area contributed by atoms with Crippen molar-refractivity contribution in [3.63, 3.8) is 0 Å². The topological polar surface area (TPSA) is 37.3 Å². The van der Waals surface area contributed by atoms with Crippen LogP contribution in [0.3, 0.4) is 0 Å². The summed E-state index contributed by atoms with van der Waals surface area (Å²) in [6.07, 6.45) is 5.24. The summed E-state index contributed by atoms with van der Waals surface area (Å²) < 4.78 is 0. The number of phenolic OH excluding ortho intramolecular Hbond substituents is 1. The zero-order chi connectivity index (χ0) is 14.2. The third-order valence-electron chi connectivity index (χ3n) is 3.40. The third kappa shape index (κ3) is 4.23. The molecule has 2 aromatic rings. The lowest BCUT2D eigenvalue weighted by atomic mass is 10.00. The summed E-state index contributed by atoms with van der Waals surface area (Å²) in [5.74, 6) is 0.792. The highest BCUT2D eigenvalue weighted by Gasteiger charge is 2.06. The zero-order valence-corrected chi connectivity index (χ0v) is 11.6. The lowest BCUT2D eigenvalue weighted by Crippen LogP contribution is -2.02. The highest BCUT2D eigenvalue weighted by molar-refractivity contribution is 5.78. The van der Waals surface area contributed by atoms with Gasteiger partial charge in [-0.25, -0.2) is 0 Å².